The number of aromatic nitrogens is 6. The number of pyridine rings is 1. The molecule has 0 aromatic carbocycles. The van der Waals surface area contributed by atoms with E-state index < -0.39 is 0 Å². The number of anilines is 1. The molecule has 28 heavy (non-hydrogen) atoms. The fraction of sp³-hybridized carbons (Fsp3) is 0.421. The predicted octanol–water partition coefficient (Wildman–Crippen LogP) is 3.57. The lowest BCUT2D eigenvalue weighted by Gasteiger charge is -2.15. The fourth-order valence-corrected chi connectivity index (χ4v) is 3.89. The molecule has 1 aliphatic rings. The van der Waals surface area contributed by atoms with Gasteiger partial charge in [-0.25, -0.2) is 4.68 Å². The molecule has 1 fully saturated rings. The zero-order valence-corrected chi connectivity index (χ0v) is 16.9. The molecular formula is C19H23N7OS. The molecule has 1 atom stereocenters. The molecule has 1 saturated carbocycles. The van der Waals surface area contributed by atoms with Gasteiger partial charge in [-0.2, -0.15) is 5.10 Å². The summed E-state index contributed by atoms with van der Waals surface area (Å²) < 4.78 is 3.94. The van der Waals surface area contributed by atoms with Gasteiger partial charge in [0.05, 0.1) is 11.4 Å². The molecule has 3 aromatic heterocycles. The van der Waals surface area contributed by atoms with Crippen LogP contribution >= 0.6 is 11.8 Å². The average molecular weight is 398 g/mol. The standard InChI is InChI=1S/C19H23N7OS/c1-12(2)26-16(8-10-21-26)22-18(27)13(3)28-19-24-23-17(25(19)15-6-7-15)14-5-4-9-20-11-14/h4-5,8-13,15H,6-7H2,1-3H3,(H,22,27)/t13-/m1/s1. The summed E-state index contributed by atoms with van der Waals surface area (Å²) in [5.41, 5.74) is 0.937. The van der Waals surface area contributed by atoms with Crippen LogP contribution in [0.1, 0.15) is 45.7 Å². The molecule has 0 saturated heterocycles. The van der Waals surface area contributed by atoms with Crippen LogP contribution in [-0.2, 0) is 4.79 Å². The molecule has 3 aromatic rings. The molecule has 1 aliphatic carbocycles. The Hall–Kier alpha value is -2.68. The Balaban J connectivity index is 1.52. The quantitative estimate of drug-likeness (QED) is 0.613. The van der Waals surface area contributed by atoms with Crippen LogP contribution in [-0.4, -0.2) is 40.7 Å². The molecule has 3 heterocycles. The number of hydrogen-bond donors (Lipinski definition) is 1. The zero-order valence-electron chi connectivity index (χ0n) is 16.1. The van der Waals surface area contributed by atoms with E-state index >= 15 is 0 Å². The van der Waals surface area contributed by atoms with Crippen molar-refractivity contribution in [2.24, 2.45) is 0 Å². The lowest BCUT2D eigenvalue weighted by atomic mass is 10.3. The van der Waals surface area contributed by atoms with Crippen molar-refractivity contribution in [1.29, 1.82) is 0 Å². The van der Waals surface area contributed by atoms with Crippen molar-refractivity contribution in [1.82, 2.24) is 29.5 Å². The molecule has 8 nitrogen and oxygen atoms in total. The number of rotatable bonds is 7. The number of nitrogens with one attached hydrogen (secondary N) is 1. The monoisotopic (exact) mass is 397 g/mol. The van der Waals surface area contributed by atoms with Crippen LogP contribution in [0.4, 0.5) is 5.82 Å². The number of nitrogens with zero attached hydrogens (tertiary/aromatic N) is 6. The summed E-state index contributed by atoms with van der Waals surface area (Å²) in [6, 6.07) is 6.25. The molecule has 9 heteroatoms. The first-order chi connectivity index (χ1) is 13.5. The van der Waals surface area contributed by atoms with Gasteiger partial charge in [-0.1, -0.05) is 11.8 Å². The van der Waals surface area contributed by atoms with E-state index in [1.54, 1.807) is 23.3 Å². The molecule has 146 valence electrons. The molecule has 1 amide bonds. The van der Waals surface area contributed by atoms with E-state index in [9.17, 15) is 4.79 Å². The second-order valence-electron chi connectivity index (χ2n) is 7.15. The first kappa shape index (κ1) is 18.7. The van der Waals surface area contributed by atoms with Gasteiger partial charge < -0.3 is 5.32 Å². The maximum Gasteiger partial charge on any atom is 0.238 e. The van der Waals surface area contributed by atoms with Crippen molar-refractivity contribution in [3.05, 3.63) is 36.8 Å². The Labute approximate surface area is 167 Å². The summed E-state index contributed by atoms with van der Waals surface area (Å²) in [5, 5.41) is 16.4. The van der Waals surface area contributed by atoms with Crippen LogP contribution < -0.4 is 5.32 Å². The molecule has 0 unspecified atom stereocenters. The maximum absolute atomic E-state index is 12.7. The summed E-state index contributed by atoms with van der Waals surface area (Å²) >= 11 is 1.43. The Morgan fingerprint density at radius 3 is 2.71 bits per heavy atom. The molecule has 0 radical (unpaired) electrons. The van der Waals surface area contributed by atoms with E-state index in [0.717, 1.165) is 29.4 Å². The predicted molar refractivity (Wildman–Crippen MR) is 108 cm³/mol. The maximum atomic E-state index is 12.7. The van der Waals surface area contributed by atoms with Crippen LogP contribution in [0.15, 0.2) is 41.9 Å². The Morgan fingerprint density at radius 2 is 2.04 bits per heavy atom. The molecule has 0 aliphatic heterocycles. The number of amides is 1. The van der Waals surface area contributed by atoms with Gasteiger partial charge in [0.15, 0.2) is 11.0 Å². The van der Waals surface area contributed by atoms with E-state index in [1.165, 1.54) is 11.8 Å². The average Bonchev–Trinajstić information content (AvgIpc) is 3.27. The van der Waals surface area contributed by atoms with Gasteiger partial charge in [-0.3, -0.25) is 14.3 Å². The highest BCUT2D eigenvalue weighted by atomic mass is 32.2. The van der Waals surface area contributed by atoms with Gasteiger partial charge in [-0.05, 0) is 45.7 Å². The van der Waals surface area contributed by atoms with Crippen molar-refractivity contribution in [2.45, 2.75) is 56.1 Å². The molecular weight excluding hydrogens is 374 g/mol. The second-order valence-corrected chi connectivity index (χ2v) is 8.46. The molecule has 0 bridgehead atoms. The van der Waals surface area contributed by atoms with Gasteiger partial charge in [0.2, 0.25) is 5.91 Å². The lowest BCUT2D eigenvalue weighted by molar-refractivity contribution is -0.115. The minimum Gasteiger partial charge on any atom is -0.310 e. The largest absolute Gasteiger partial charge is 0.310 e. The Kier molecular flexibility index (Phi) is 5.17. The third-order valence-electron chi connectivity index (χ3n) is 4.56. The minimum atomic E-state index is -0.320. The highest BCUT2D eigenvalue weighted by molar-refractivity contribution is 8.00. The third kappa shape index (κ3) is 3.80. The Bertz CT molecular complexity index is 962. The van der Waals surface area contributed by atoms with E-state index in [-0.39, 0.29) is 17.2 Å². The first-order valence-electron chi connectivity index (χ1n) is 9.41. The number of thioether (sulfide) groups is 1. The molecule has 4 rings (SSSR count). The Morgan fingerprint density at radius 1 is 1.21 bits per heavy atom. The molecule has 0 spiro atoms. The van der Waals surface area contributed by atoms with Gasteiger partial charge in [-0.15, -0.1) is 10.2 Å². The fourth-order valence-electron chi connectivity index (χ4n) is 2.98. The van der Waals surface area contributed by atoms with Gasteiger partial charge in [0.25, 0.3) is 0 Å². The van der Waals surface area contributed by atoms with E-state index in [4.69, 9.17) is 0 Å². The van der Waals surface area contributed by atoms with Crippen molar-refractivity contribution >= 4 is 23.5 Å². The highest BCUT2D eigenvalue weighted by Gasteiger charge is 2.31. The van der Waals surface area contributed by atoms with Crippen LogP contribution in [0.5, 0.6) is 0 Å². The number of hydrogen-bond acceptors (Lipinski definition) is 6. The summed E-state index contributed by atoms with van der Waals surface area (Å²) in [5.74, 6) is 1.43. The van der Waals surface area contributed by atoms with Crippen molar-refractivity contribution in [3.63, 3.8) is 0 Å². The SMILES string of the molecule is CC(C)n1nccc1NC(=O)[C@@H](C)Sc1nnc(-c2cccnc2)n1C1CC1. The normalized spacial score (nSPS) is 15.0. The third-order valence-corrected chi connectivity index (χ3v) is 5.62. The lowest BCUT2D eigenvalue weighted by Crippen LogP contribution is -2.25. The van der Waals surface area contributed by atoms with Crippen molar-refractivity contribution < 1.29 is 4.79 Å². The zero-order chi connectivity index (χ0) is 19.7. The summed E-state index contributed by atoms with van der Waals surface area (Å²) in [6.07, 6.45) is 7.43. The van der Waals surface area contributed by atoms with Crippen LogP contribution in [0.25, 0.3) is 11.4 Å². The molecule has 1 N–H and O–H groups in total. The number of carbonyl (C=O) groups excluding carboxylic acids is 1. The summed E-state index contributed by atoms with van der Waals surface area (Å²) in [7, 11) is 0. The van der Waals surface area contributed by atoms with Crippen molar-refractivity contribution in [3.8, 4) is 11.4 Å². The van der Waals surface area contributed by atoms with Gasteiger partial charge in [0.1, 0.15) is 5.82 Å². The number of carbonyl (C=O) groups is 1. The minimum absolute atomic E-state index is 0.0827. The van der Waals surface area contributed by atoms with E-state index in [2.05, 4.69) is 30.2 Å². The van der Waals surface area contributed by atoms with E-state index in [0.29, 0.717) is 11.9 Å². The second kappa shape index (κ2) is 7.75. The summed E-state index contributed by atoms with van der Waals surface area (Å²) in [4.78, 5) is 16.9. The van der Waals surface area contributed by atoms with Crippen LogP contribution in [0.3, 0.4) is 0 Å². The smallest absolute Gasteiger partial charge is 0.238 e. The highest BCUT2D eigenvalue weighted by Crippen LogP contribution is 2.41. The van der Waals surface area contributed by atoms with Gasteiger partial charge in [0, 0.05) is 36.1 Å². The van der Waals surface area contributed by atoms with Crippen LogP contribution in [0.2, 0.25) is 0 Å². The van der Waals surface area contributed by atoms with Crippen LogP contribution in [0, 0.1) is 0 Å². The topological polar surface area (TPSA) is 90.5 Å². The first-order valence-corrected chi connectivity index (χ1v) is 10.3. The van der Waals surface area contributed by atoms with Crippen molar-refractivity contribution in [2.75, 3.05) is 5.32 Å². The van der Waals surface area contributed by atoms with E-state index in [1.807, 2.05) is 39.0 Å². The summed E-state index contributed by atoms with van der Waals surface area (Å²) in [6.45, 7) is 5.93. The van der Waals surface area contributed by atoms with Gasteiger partial charge >= 0.3 is 0 Å².